The van der Waals surface area contributed by atoms with Gasteiger partial charge < -0.3 is 14.8 Å². The van der Waals surface area contributed by atoms with Crippen molar-refractivity contribution < 1.29 is 9.90 Å². The van der Waals surface area contributed by atoms with Gasteiger partial charge in [0.05, 0.1) is 0 Å². The van der Waals surface area contributed by atoms with E-state index in [9.17, 15) is 4.79 Å². The number of aliphatic hydroxyl groups is 1. The number of aliphatic hydroxyl groups excluding tert-OH is 1. The van der Waals surface area contributed by atoms with Crippen LogP contribution in [0.5, 0.6) is 0 Å². The number of hydrogen-bond acceptors (Lipinski definition) is 3. The average molecular weight is 247 g/mol. The third-order valence-corrected chi connectivity index (χ3v) is 2.79. The van der Waals surface area contributed by atoms with E-state index in [4.69, 9.17) is 5.11 Å². The number of carbonyl (C=O) groups is 1. The van der Waals surface area contributed by atoms with Crippen molar-refractivity contribution in [1.29, 1.82) is 0 Å². The van der Waals surface area contributed by atoms with E-state index in [1.807, 2.05) is 38.2 Å². The van der Waals surface area contributed by atoms with Crippen LogP contribution in [-0.2, 0) is 0 Å². The molecule has 2 rings (SSSR count). The molecule has 0 aliphatic rings. The number of fused-ring (bicyclic) bond motifs is 1. The van der Waals surface area contributed by atoms with E-state index >= 15 is 0 Å². The van der Waals surface area contributed by atoms with Crippen molar-refractivity contribution in [2.45, 2.75) is 25.8 Å². The van der Waals surface area contributed by atoms with Gasteiger partial charge in [0.2, 0.25) is 0 Å². The molecule has 0 aliphatic carbocycles. The zero-order chi connectivity index (χ0) is 13.2. The molecule has 5 nitrogen and oxygen atoms in total. The lowest BCUT2D eigenvalue weighted by Crippen LogP contribution is -2.44. The highest BCUT2D eigenvalue weighted by molar-refractivity contribution is 5.93. The molecule has 0 atom stereocenters. The lowest BCUT2D eigenvalue weighted by molar-refractivity contribution is 0.0895. The minimum Gasteiger partial charge on any atom is -0.396 e. The highest BCUT2D eigenvalue weighted by Crippen LogP contribution is 2.10. The molecular weight excluding hydrogens is 230 g/mol. The molecule has 0 fully saturated rings. The van der Waals surface area contributed by atoms with Crippen LogP contribution in [0.15, 0.2) is 30.6 Å². The number of amides is 1. The van der Waals surface area contributed by atoms with Crippen LogP contribution in [0.3, 0.4) is 0 Å². The molecule has 0 aromatic carbocycles. The van der Waals surface area contributed by atoms with Crippen molar-refractivity contribution in [3.63, 3.8) is 0 Å². The maximum Gasteiger partial charge on any atom is 0.271 e. The van der Waals surface area contributed by atoms with Gasteiger partial charge in [-0.2, -0.15) is 0 Å². The van der Waals surface area contributed by atoms with Gasteiger partial charge in [-0.05, 0) is 32.4 Å². The van der Waals surface area contributed by atoms with Gasteiger partial charge in [-0.3, -0.25) is 4.79 Å². The molecule has 0 saturated heterocycles. The molecule has 0 spiro atoms. The van der Waals surface area contributed by atoms with E-state index in [0.29, 0.717) is 12.1 Å². The second kappa shape index (κ2) is 4.78. The average Bonchev–Trinajstić information content (AvgIpc) is 2.71. The van der Waals surface area contributed by atoms with Crippen molar-refractivity contribution in [2.75, 3.05) is 6.61 Å². The van der Waals surface area contributed by atoms with Crippen LogP contribution in [0, 0.1) is 0 Å². The Kier molecular flexibility index (Phi) is 3.34. The molecule has 0 radical (unpaired) electrons. The highest BCUT2D eigenvalue weighted by atomic mass is 16.3. The van der Waals surface area contributed by atoms with Gasteiger partial charge in [-0.25, -0.2) is 4.98 Å². The third-order valence-electron chi connectivity index (χ3n) is 2.79. The van der Waals surface area contributed by atoms with Gasteiger partial charge in [-0.1, -0.05) is 6.07 Å². The van der Waals surface area contributed by atoms with Gasteiger partial charge in [0, 0.05) is 24.5 Å². The first-order valence-electron chi connectivity index (χ1n) is 5.89. The van der Waals surface area contributed by atoms with Crippen LogP contribution in [0.1, 0.15) is 30.8 Å². The van der Waals surface area contributed by atoms with Gasteiger partial charge in [0.1, 0.15) is 11.3 Å². The fraction of sp³-hybridized carbons (Fsp3) is 0.385. The summed E-state index contributed by atoms with van der Waals surface area (Å²) in [7, 11) is 0. The Morgan fingerprint density at radius 3 is 2.94 bits per heavy atom. The standard InChI is InChI=1S/C13H17N3O2/c1-13(2,6-8-17)15-12(18)10-9-16-7-4-3-5-11(16)14-10/h3-5,7,9,17H,6,8H2,1-2H3,(H,15,18). The summed E-state index contributed by atoms with van der Waals surface area (Å²) in [6, 6.07) is 5.60. The molecular formula is C13H17N3O2. The molecule has 2 heterocycles. The van der Waals surface area contributed by atoms with Crippen molar-refractivity contribution in [2.24, 2.45) is 0 Å². The van der Waals surface area contributed by atoms with Crippen molar-refractivity contribution >= 4 is 11.6 Å². The molecule has 2 aromatic rings. The van der Waals surface area contributed by atoms with Crippen LogP contribution in [0.2, 0.25) is 0 Å². The Hall–Kier alpha value is -1.88. The normalized spacial score (nSPS) is 11.7. The first-order valence-corrected chi connectivity index (χ1v) is 5.89. The molecule has 2 aromatic heterocycles. The molecule has 0 unspecified atom stereocenters. The summed E-state index contributed by atoms with van der Waals surface area (Å²) in [5.41, 5.74) is 0.677. The van der Waals surface area contributed by atoms with Gasteiger partial charge in [-0.15, -0.1) is 0 Å². The smallest absolute Gasteiger partial charge is 0.271 e. The number of carbonyl (C=O) groups excluding carboxylic acids is 1. The monoisotopic (exact) mass is 247 g/mol. The SMILES string of the molecule is CC(C)(CCO)NC(=O)c1cn2ccccc2n1. The first kappa shape index (κ1) is 12.6. The topological polar surface area (TPSA) is 66.6 Å². The number of pyridine rings is 1. The summed E-state index contributed by atoms with van der Waals surface area (Å²) in [6.45, 7) is 3.78. The number of imidazole rings is 1. The number of hydrogen-bond donors (Lipinski definition) is 2. The quantitative estimate of drug-likeness (QED) is 0.853. The van der Waals surface area contributed by atoms with Gasteiger partial charge in [0.25, 0.3) is 5.91 Å². The van der Waals surface area contributed by atoms with Gasteiger partial charge >= 0.3 is 0 Å². The fourth-order valence-corrected chi connectivity index (χ4v) is 1.76. The lowest BCUT2D eigenvalue weighted by Gasteiger charge is -2.24. The second-order valence-electron chi connectivity index (χ2n) is 4.90. The van der Waals surface area contributed by atoms with Crippen LogP contribution >= 0.6 is 0 Å². The molecule has 5 heteroatoms. The molecule has 96 valence electrons. The Balaban J connectivity index is 2.18. The van der Waals surface area contributed by atoms with Crippen LogP contribution in [0.25, 0.3) is 5.65 Å². The predicted octanol–water partition coefficient (Wildman–Crippen LogP) is 1.23. The Morgan fingerprint density at radius 2 is 2.28 bits per heavy atom. The second-order valence-corrected chi connectivity index (χ2v) is 4.90. The Morgan fingerprint density at radius 1 is 1.50 bits per heavy atom. The summed E-state index contributed by atoms with van der Waals surface area (Å²) in [5.74, 6) is -0.225. The zero-order valence-corrected chi connectivity index (χ0v) is 10.6. The third kappa shape index (κ3) is 2.68. The minimum absolute atomic E-state index is 0.0401. The first-order chi connectivity index (χ1) is 8.52. The maximum atomic E-state index is 12.0. The summed E-state index contributed by atoms with van der Waals surface area (Å²) in [5, 5.41) is 11.8. The number of rotatable bonds is 4. The van der Waals surface area contributed by atoms with E-state index in [0.717, 1.165) is 5.65 Å². The van der Waals surface area contributed by atoms with E-state index in [1.165, 1.54) is 0 Å². The van der Waals surface area contributed by atoms with Crippen molar-refractivity contribution in [3.05, 3.63) is 36.3 Å². The van der Waals surface area contributed by atoms with E-state index in [-0.39, 0.29) is 12.5 Å². The molecule has 2 N–H and O–H groups in total. The van der Waals surface area contributed by atoms with Gasteiger partial charge in [0.15, 0.2) is 0 Å². The molecule has 18 heavy (non-hydrogen) atoms. The van der Waals surface area contributed by atoms with Crippen LogP contribution in [0.4, 0.5) is 0 Å². The number of nitrogens with zero attached hydrogens (tertiary/aromatic N) is 2. The fourth-order valence-electron chi connectivity index (χ4n) is 1.76. The lowest BCUT2D eigenvalue weighted by atomic mass is 10.0. The number of aromatic nitrogens is 2. The van der Waals surface area contributed by atoms with E-state index in [2.05, 4.69) is 10.3 Å². The van der Waals surface area contributed by atoms with Crippen molar-refractivity contribution in [1.82, 2.24) is 14.7 Å². The summed E-state index contributed by atoms with van der Waals surface area (Å²) in [4.78, 5) is 16.3. The molecule has 1 amide bonds. The van der Waals surface area contributed by atoms with Crippen molar-refractivity contribution in [3.8, 4) is 0 Å². The molecule has 0 saturated carbocycles. The summed E-state index contributed by atoms with van der Waals surface area (Å²) < 4.78 is 1.80. The molecule has 0 aliphatic heterocycles. The highest BCUT2D eigenvalue weighted by Gasteiger charge is 2.21. The minimum atomic E-state index is -0.443. The number of nitrogens with one attached hydrogen (secondary N) is 1. The zero-order valence-electron chi connectivity index (χ0n) is 10.6. The Labute approximate surface area is 105 Å². The molecule has 0 bridgehead atoms. The largest absolute Gasteiger partial charge is 0.396 e. The Bertz CT molecular complexity index is 527. The summed E-state index contributed by atoms with van der Waals surface area (Å²) >= 11 is 0. The summed E-state index contributed by atoms with van der Waals surface area (Å²) in [6.07, 6.45) is 4.05. The van der Waals surface area contributed by atoms with Crippen LogP contribution < -0.4 is 5.32 Å². The van der Waals surface area contributed by atoms with E-state index < -0.39 is 5.54 Å². The maximum absolute atomic E-state index is 12.0. The van der Waals surface area contributed by atoms with Crippen LogP contribution in [-0.4, -0.2) is 32.5 Å². The predicted molar refractivity (Wildman–Crippen MR) is 68.4 cm³/mol. The van der Waals surface area contributed by atoms with E-state index in [1.54, 1.807) is 10.6 Å².